The first-order chi connectivity index (χ1) is 9.23. The second-order valence-corrected chi connectivity index (χ2v) is 7.08. The maximum absolute atomic E-state index is 4.67. The summed E-state index contributed by atoms with van der Waals surface area (Å²) in [4.78, 5) is 4.67. The molecular weight excluding hydrogens is 318 g/mol. The molecule has 2 aromatic rings. The van der Waals surface area contributed by atoms with Crippen LogP contribution in [0.5, 0.6) is 0 Å². The van der Waals surface area contributed by atoms with Gasteiger partial charge in [-0.05, 0) is 37.3 Å². The number of nitrogens with zero attached hydrogens (tertiary/aromatic N) is 1. The minimum Gasteiger partial charge on any atom is -0.247 e. The topological polar surface area (TPSA) is 12.9 Å². The highest BCUT2D eigenvalue weighted by molar-refractivity contribution is 9.09. The van der Waals surface area contributed by atoms with Gasteiger partial charge in [0, 0.05) is 22.5 Å². The number of thiazole rings is 1. The SMILES string of the molecule is Cc1nc(CC2(CBr)CCCc3ccccc32)cs1. The molecule has 19 heavy (non-hydrogen) atoms. The highest BCUT2D eigenvalue weighted by Gasteiger charge is 2.36. The van der Waals surface area contributed by atoms with Gasteiger partial charge in [-0.25, -0.2) is 4.98 Å². The molecule has 3 heteroatoms. The Morgan fingerprint density at radius 3 is 2.95 bits per heavy atom. The van der Waals surface area contributed by atoms with Gasteiger partial charge in [-0.2, -0.15) is 0 Å². The van der Waals surface area contributed by atoms with E-state index in [1.807, 2.05) is 0 Å². The summed E-state index contributed by atoms with van der Waals surface area (Å²) in [7, 11) is 0. The quantitative estimate of drug-likeness (QED) is 0.743. The Hall–Kier alpha value is -0.670. The summed E-state index contributed by atoms with van der Waals surface area (Å²) in [6, 6.07) is 8.94. The lowest BCUT2D eigenvalue weighted by atomic mass is 9.69. The van der Waals surface area contributed by atoms with Crippen molar-refractivity contribution in [2.24, 2.45) is 0 Å². The first kappa shape index (κ1) is 13.3. The summed E-state index contributed by atoms with van der Waals surface area (Å²) >= 11 is 5.53. The molecule has 1 aliphatic rings. The Bertz CT molecular complexity index is 578. The van der Waals surface area contributed by atoms with Crippen molar-refractivity contribution in [1.29, 1.82) is 0 Å². The Morgan fingerprint density at radius 1 is 1.37 bits per heavy atom. The molecule has 0 aliphatic heterocycles. The second-order valence-electron chi connectivity index (χ2n) is 5.46. The molecule has 0 fully saturated rings. The number of rotatable bonds is 3. The minimum atomic E-state index is 0.232. The summed E-state index contributed by atoms with van der Waals surface area (Å²) in [6.07, 6.45) is 4.82. The fourth-order valence-electron chi connectivity index (χ4n) is 3.21. The van der Waals surface area contributed by atoms with Crippen molar-refractivity contribution in [3.8, 4) is 0 Å². The number of aromatic nitrogens is 1. The largest absolute Gasteiger partial charge is 0.247 e. The zero-order chi connectivity index (χ0) is 13.3. The molecule has 0 N–H and O–H groups in total. The van der Waals surface area contributed by atoms with E-state index in [1.165, 1.54) is 41.1 Å². The Labute approximate surface area is 127 Å². The second kappa shape index (κ2) is 5.37. The first-order valence-electron chi connectivity index (χ1n) is 6.79. The number of halogens is 1. The molecule has 0 saturated heterocycles. The van der Waals surface area contributed by atoms with Crippen LogP contribution in [-0.2, 0) is 18.3 Å². The first-order valence-corrected chi connectivity index (χ1v) is 8.79. The van der Waals surface area contributed by atoms with Crippen LogP contribution >= 0.6 is 27.3 Å². The zero-order valence-corrected chi connectivity index (χ0v) is 13.6. The zero-order valence-electron chi connectivity index (χ0n) is 11.2. The van der Waals surface area contributed by atoms with Crippen molar-refractivity contribution in [2.45, 2.75) is 38.0 Å². The molecule has 1 heterocycles. The molecule has 1 nitrogen and oxygen atoms in total. The van der Waals surface area contributed by atoms with Crippen molar-refractivity contribution in [3.05, 3.63) is 51.5 Å². The Morgan fingerprint density at radius 2 is 2.21 bits per heavy atom. The highest BCUT2D eigenvalue weighted by atomic mass is 79.9. The van der Waals surface area contributed by atoms with Crippen LogP contribution in [0.15, 0.2) is 29.6 Å². The van der Waals surface area contributed by atoms with Gasteiger partial charge in [-0.15, -0.1) is 11.3 Å². The number of hydrogen-bond acceptors (Lipinski definition) is 2. The van der Waals surface area contributed by atoms with Gasteiger partial charge in [0.05, 0.1) is 10.7 Å². The molecule has 3 rings (SSSR count). The van der Waals surface area contributed by atoms with Crippen LogP contribution in [0, 0.1) is 6.92 Å². The monoisotopic (exact) mass is 335 g/mol. The van der Waals surface area contributed by atoms with Crippen molar-refractivity contribution >= 4 is 27.3 Å². The standard InChI is InChI=1S/C16H18BrNS/c1-12-18-14(10-19-12)9-16(11-17)8-4-6-13-5-2-3-7-15(13)16/h2-3,5,7,10H,4,6,8-9,11H2,1H3. The summed E-state index contributed by atoms with van der Waals surface area (Å²) in [5.41, 5.74) is 4.54. The van der Waals surface area contributed by atoms with Gasteiger partial charge < -0.3 is 0 Å². The predicted molar refractivity (Wildman–Crippen MR) is 85.4 cm³/mol. The molecule has 1 aromatic heterocycles. The molecule has 100 valence electrons. The van der Waals surface area contributed by atoms with Crippen molar-refractivity contribution < 1.29 is 0 Å². The van der Waals surface area contributed by atoms with Crippen LogP contribution in [0.3, 0.4) is 0 Å². The fraction of sp³-hybridized carbons (Fsp3) is 0.438. The van der Waals surface area contributed by atoms with Crippen LogP contribution in [0.2, 0.25) is 0 Å². The van der Waals surface area contributed by atoms with E-state index >= 15 is 0 Å². The van der Waals surface area contributed by atoms with Gasteiger partial charge in [0.15, 0.2) is 0 Å². The van der Waals surface area contributed by atoms with Gasteiger partial charge in [-0.3, -0.25) is 0 Å². The predicted octanol–water partition coefficient (Wildman–Crippen LogP) is 4.66. The third-order valence-corrected chi connectivity index (χ3v) is 6.03. The van der Waals surface area contributed by atoms with E-state index < -0.39 is 0 Å². The van der Waals surface area contributed by atoms with Crippen molar-refractivity contribution in [2.75, 3.05) is 5.33 Å². The maximum Gasteiger partial charge on any atom is 0.0897 e. The van der Waals surface area contributed by atoms with Gasteiger partial charge in [0.25, 0.3) is 0 Å². The lowest BCUT2D eigenvalue weighted by molar-refractivity contribution is 0.398. The minimum absolute atomic E-state index is 0.232. The average Bonchev–Trinajstić information content (AvgIpc) is 2.84. The molecule has 1 unspecified atom stereocenters. The van der Waals surface area contributed by atoms with E-state index in [0.717, 1.165) is 11.8 Å². The van der Waals surface area contributed by atoms with Crippen LogP contribution < -0.4 is 0 Å². The van der Waals surface area contributed by atoms with Crippen LogP contribution in [0.25, 0.3) is 0 Å². The molecule has 0 amide bonds. The van der Waals surface area contributed by atoms with Crippen molar-refractivity contribution in [1.82, 2.24) is 4.98 Å². The molecule has 0 saturated carbocycles. The Balaban J connectivity index is 2.00. The van der Waals surface area contributed by atoms with E-state index in [9.17, 15) is 0 Å². The smallest absolute Gasteiger partial charge is 0.0897 e. The fourth-order valence-corrected chi connectivity index (χ4v) is 4.61. The van der Waals surface area contributed by atoms with Gasteiger partial charge in [0.2, 0.25) is 0 Å². The molecular formula is C16H18BrNS. The molecule has 1 aliphatic carbocycles. The van der Waals surface area contributed by atoms with E-state index in [2.05, 4.69) is 57.5 Å². The van der Waals surface area contributed by atoms with Gasteiger partial charge in [-0.1, -0.05) is 40.2 Å². The third-order valence-electron chi connectivity index (χ3n) is 4.13. The average molecular weight is 336 g/mol. The molecule has 1 atom stereocenters. The summed E-state index contributed by atoms with van der Waals surface area (Å²) in [5.74, 6) is 0. The van der Waals surface area contributed by atoms with Crippen LogP contribution in [0.1, 0.15) is 34.7 Å². The maximum atomic E-state index is 4.67. The lowest BCUT2D eigenvalue weighted by Crippen LogP contribution is -2.35. The van der Waals surface area contributed by atoms with E-state index in [0.29, 0.717) is 0 Å². The van der Waals surface area contributed by atoms with Crippen molar-refractivity contribution in [3.63, 3.8) is 0 Å². The number of alkyl halides is 1. The van der Waals surface area contributed by atoms with Gasteiger partial charge >= 0.3 is 0 Å². The van der Waals surface area contributed by atoms with Crippen LogP contribution in [-0.4, -0.2) is 10.3 Å². The molecule has 1 aromatic carbocycles. The van der Waals surface area contributed by atoms with Gasteiger partial charge in [0.1, 0.15) is 0 Å². The molecule has 0 spiro atoms. The number of fused-ring (bicyclic) bond motifs is 1. The highest BCUT2D eigenvalue weighted by Crippen LogP contribution is 2.41. The van der Waals surface area contributed by atoms with E-state index in [-0.39, 0.29) is 5.41 Å². The number of benzene rings is 1. The Kier molecular flexibility index (Phi) is 3.77. The molecule has 0 bridgehead atoms. The third kappa shape index (κ3) is 2.50. The molecule has 0 radical (unpaired) electrons. The van der Waals surface area contributed by atoms with E-state index in [1.54, 1.807) is 11.3 Å². The normalized spacial score (nSPS) is 22.2. The lowest BCUT2D eigenvalue weighted by Gasteiger charge is -2.37. The number of hydrogen-bond donors (Lipinski definition) is 0. The summed E-state index contributed by atoms with van der Waals surface area (Å²) in [6.45, 7) is 2.09. The number of aryl methyl sites for hydroxylation is 2. The summed E-state index contributed by atoms with van der Waals surface area (Å²) in [5, 5.41) is 4.41. The van der Waals surface area contributed by atoms with Crippen LogP contribution in [0.4, 0.5) is 0 Å². The summed E-state index contributed by atoms with van der Waals surface area (Å²) < 4.78 is 0. The van der Waals surface area contributed by atoms with E-state index in [4.69, 9.17) is 0 Å².